The highest BCUT2D eigenvalue weighted by atomic mass is 16.1. The van der Waals surface area contributed by atoms with Gasteiger partial charge < -0.3 is 16.0 Å². The van der Waals surface area contributed by atoms with Gasteiger partial charge in [-0.15, -0.1) is 0 Å². The molecule has 3 N–H and O–H groups in total. The second-order valence-corrected chi connectivity index (χ2v) is 4.33. The van der Waals surface area contributed by atoms with Crippen molar-refractivity contribution in [2.45, 2.75) is 6.42 Å². The van der Waals surface area contributed by atoms with Crippen molar-refractivity contribution in [2.75, 3.05) is 30.3 Å². The molecule has 1 amide bonds. The highest BCUT2D eigenvalue weighted by molar-refractivity contribution is 5.77. The molecule has 0 aliphatic carbocycles. The fraction of sp³-hybridized carbons (Fsp3) is 0.364. The van der Waals surface area contributed by atoms with Crippen LogP contribution in [-0.2, 0) is 4.79 Å². The fourth-order valence-corrected chi connectivity index (χ4v) is 1.97. The maximum atomic E-state index is 11.4. The Morgan fingerprint density at radius 3 is 2.85 bits per heavy atom. The summed E-state index contributed by atoms with van der Waals surface area (Å²) < 4.78 is 1.52. The second-order valence-electron chi connectivity index (χ2n) is 4.33. The molecule has 0 aromatic carbocycles. The lowest BCUT2D eigenvalue weighted by Crippen LogP contribution is -2.30. The van der Waals surface area contributed by atoms with Gasteiger partial charge in [0, 0.05) is 38.4 Å². The van der Waals surface area contributed by atoms with E-state index in [9.17, 15) is 4.79 Å². The number of amides is 1. The number of rotatable bonds is 2. The van der Waals surface area contributed by atoms with Gasteiger partial charge in [0.15, 0.2) is 0 Å². The summed E-state index contributed by atoms with van der Waals surface area (Å²) in [5.74, 6) is 0.978. The molecule has 2 aromatic rings. The zero-order valence-corrected chi connectivity index (χ0v) is 10.7. The summed E-state index contributed by atoms with van der Waals surface area (Å²) in [6, 6.07) is 1.77. The molecule has 104 valence electrons. The Bertz CT molecular complexity index is 611. The molecule has 3 heterocycles. The number of carbonyl (C=O) groups excluding carboxylic acids is 1. The smallest absolute Gasteiger partial charge is 0.257 e. The van der Waals surface area contributed by atoms with Crippen molar-refractivity contribution >= 4 is 17.8 Å². The first kappa shape index (κ1) is 12.3. The maximum absolute atomic E-state index is 11.4. The Morgan fingerprint density at radius 2 is 2.05 bits per heavy atom. The third kappa shape index (κ3) is 2.51. The van der Waals surface area contributed by atoms with Crippen LogP contribution in [0.3, 0.4) is 0 Å². The number of nitrogen functional groups attached to an aromatic ring is 1. The van der Waals surface area contributed by atoms with E-state index in [1.807, 2.05) is 4.90 Å². The summed E-state index contributed by atoms with van der Waals surface area (Å²) in [6.45, 7) is 1.74. The maximum Gasteiger partial charge on any atom is 0.257 e. The van der Waals surface area contributed by atoms with Gasteiger partial charge in [-0.25, -0.2) is 4.68 Å². The summed E-state index contributed by atoms with van der Waals surface area (Å²) in [4.78, 5) is 25.8. The van der Waals surface area contributed by atoms with Crippen LogP contribution in [0.5, 0.6) is 0 Å². The van der Waals surface area contributed by atoms with Crippen LogP contribution in [0.4, 0.5) is 11.9 Å². The highest BCUT2D eigenvalue weighted by Gasteiger charge is 2.17. The van der Waals surface area contributed by atoms with Gasteiger partial charge in [-0.1, -0.05) is 0 Å². The van der Waals surface area contributed by atoms with Crippen LogP contribution in [0.15, 0.2) is 18.5 Å². The lowest BCUT2D eigenvalue weighted by Gasteiger charge is -2.19. The molecule has 0 atom stereocenters. The van der Waals surface area contributed by atoms with Crippen molar-refractivity contribution < 1.29 is 4.79 Å². The predicted molar refractivity (Wildman–Crippen MR) is 71.2 cm³/mol. The van der Waals surface area contributed by atoms with Gasteiger partial charge in [0.25, 0.3) is 5.95 Å². The van der Waals surface area contributed by atoms with E-state index >= 15 is 0 Å². The van der Waals surface area contributed by atoms with Crippen molar-refractivity contribution in [3.63, 3.8) is 0 Å². The van der Waals surface area contributed by atoms with E-state index in [1.54, 1.807) is 18.5 Å². The molecule has 0 radical (unpaired) electrons. The van der Waals surface area contributed by atoms with Crippen LogP contribution >= 0.6 is 0 Å². The number of nitrogens with zero attached hydrogens (tertiary/aromatic N) is 6. The second kappa shape index (κ2) is 5.11. The molecule has 1 aliphatic heterocycles. The molecule has 3 rings (SSSR count). The molecule has 2 aromatic heterocycles. The predicted octanol–water partition coefficient (Wildman–Crippen LogP) is -1.03. The minimum Gasteiger partial charge on any atom is -0.368 e. The zero-order valence-electron chi connectivity index (χ0n) is 10.7. The van der Waals surface area contributed by atoms with Gasteiger partial charge in [0.2, 0.25) is 17.8 Å². The van der Waals surface area contributed by atoms with E-state index < -0.39 is 0 Å². The van der Waals surface area contributed by atoms with Crippen LogP contribution in [0.1, 0.15) is 6.42 Å². The summed E-state index contributed by atoms with van der Waals surface area (Å²) in [5.41, 5.74) is 5.73. The lowest BCUT2D eigenvalue weighted by molar-refractivity contribution is -0.120. The molecule has 0 spiro atoms. The average molecular weight is 274 g/mol. The summed E-state index contributed by atoms with van der Waals surface area (Å²) >= 11 is 0. The number of aromatic nitrogens is 5. The van der Waals surface area contributed by atoms with Crippen molar-refractivity contribution in [1.29, 1.82) is 0 Å². The number of nitrogens with one attached hydrogen (secondary N) is 1. The molecular formula is C11H14N8O. The number of hydrogen-bond donors (Lipinski definition) is 2. The Labute approximate surface area is 114 Å². The van der Waals surface area contributed by atoms with Gasteiger partial charge in [-0.05, 0) is 6.07 Å². The lowest BCUT2D eigenvalue weighted by atomic mass is 10.4. The normalized spacial score (nSPS) is 15.8. The quantitative estimate of drug-likeness (QED) is 0.719. The molecule has 1 aliphatic rings. The molecule has 0 saturated carbocycles. The van der Waals surface area contributed by atoms with Crippen molar-refractivity contribution in [1.82, 2.24) is 30.0 Å². The van der Waals surface area contributed by atoms with E-state index in [-0.39, 0.29) is 11.9 Å². The largest absolute Gasteiger partial charge is 0.368 e. The topological polar surface area (TPSA) is 115 Å². The minimum absolute atomic E-state index is 0.0295. The Kier molecular flexibility index (Phi) is 3.15. The first-order chi connectivity index (χ1) is 9.72. The molecule has 1 fully saturated rings. The van der Waals surface area contributed by atoms with Crippen LogP contribution < -0.4 is 16.0 Å². The van der Waals surface area contributed by atoms with Gasteiger partial charge in [0.05, 0.1) is 0 Å². The summed E-state index contributed by atoms with van der Waals surface area (Å²) in [6.07, 6.45) is 3.77. The molecule has 20 heavy (non-hydrogen) atoms. The molecule has 9 heteroatoms. The zero-order chi connectivity index (χ0) is 13.9. The minimum atomic E-state index is 0.0295. The van der Waals surface area contributed by atoms with Gasteiger partial charge >= 0.3 is 0 Å². The van der Waals surface area contributed by atoms with E-state index in [0.717, 1.165) is 0 Å². The monoisotopic (exact) mass is 274 g/mol. The van der Waals surface area contributed by atoms with Crippen LogP contribution in [0.25, 0.3) is 5.95 Å². The fourth-order valence-electron chi connectivity index (χ4n) is 1.97. The summed E-state index contributed by atoms with van der Waals surface area (Å²) in [7, 11) is 0. The molecular weight excluding hydrogens is 260 g/mol. The highest BCUT2D eigenvalue weighted by Crippen LogP contribution is 2.12. The average Bonchev–Trinajstić information content (AvgIpc) is 2.88. The van der Waals surface area contributed by atoms with Crippen molar-refractivity contribution in [3.05, 3.63) is 18.5 Å². The van der Waals surface area contributed by atoms with Crippen LogP contribution in [0.2, 0.25) is 0 Å². The Balaban J connectivity index is 1.91. The summed E-state index contributed by atoms with van der Waals surface area (Å²) in [5, 5.41) is 6.87. The van der Waals surface area contributed by atoms with Crippen LogP contribution in [-0.4, -0.2) is 50.3 Å². The molecule has 1 saturated heterocycles. The standard InChI is InChI=1S/C11H14N8O/c12-9-15-10(18-6-2-8(20)13-4-7-18)17-11(16-9)19-5-1-3-14-19/h1,3,5H,2,4,6-7H2,(H,13,20)(H2,12,15,16,17). The molecule has 0 bridgehead atoms. The van der Waals surface area contributed by atoms with Gasteiger partial charge in [-0.2, -0.15) is 20.1 Å². The number of carbonyl (C=O) groups is 1. The number of nitrogens with two attached hydrogens (primary N) is 1. The first-order valence-electron chi connectivity index (χ1n) is 6.25. The number of anilines is 2. The Morgan fingerprint density at radius 1 is 1.20 bits per heavy atom. The Hall–Kier alpha value is -2.71. The number of hydrogen-bond acceptors (Lipinski definition) is 7. The first-order valence-corrected chi connectivity index (χ1v) is 6.25. The SMILES string of the molecule is Nc1nc(N2CCNC(=O)CC2)nc(-n2cccn2)n1. The van der Waals surface area contributed by atoms with Gasteiger partial charge in [0.1, 0.15) is 0 Å². The molecule has 9 nitrogen and oxygen atoms in total. The van der Waals surface area contributed by atoms with Crippen LogP contribution in [0, 0.1) is 0 Å². The van der Waals surface area contributed by atoms with E-state index in [4.69, 9.17) is 5.73 Å². The van der Waals surface area contributed by atoms with Crippen molar-refractivity contribution in [2.24, 2.45) is 0 Å². The molecule has 0 unspecified atom stereocenters. The van der Waals surface area contributed by atoms with E-state index in [2.05, 4.69) is 25.4 Å². The third-order valence-corrected chi connectivity index (χ3v) is 2.93. The van der Waals surface area contributed by atoms with Gasteiger partial charge in [-0.3, -0.25) is 4.79 Å². The van der Waals surface area contributed by atoms with Crippen molar-refractivity contribution in [3.8, 4) is 5.95 Å². The van der Waals surface area contributed by atoms with E-state index in [0.29, 0.717) is 38.0 Å². The van der Waals surface area contributed by atoms with E-state index in [1.165, 1.54) is 4.68 Å². The third-order valence-electron chi connectivity index (χ3n) is 2.93.